The lowest BCUT2D eigenvalue weighted by atomic mass is 9.78. The van der Waals surface area contributed by atoms with Crippen LogP contribution in [-0.4, -0.2) is 17.0 Å². The number of carboxylic acids is 1. The number of fused-ring (bicyclic) bond motifs is 1. The Labute approximate surface area is 131 Å². The van der Waals surface area contributed by atoms with Gasteiger partial charge in [-0.2, -0.15) is 0 Å². The molecule has 0 aromatic heterocycles. The number of benzene rings is 1. The summed E-state index contributed by atoms with van der Waals surface area (Å²) in [5, 5.41) is 11.2. The van der Waals surface area contributed by atoms with E-state index in [0.717, 1.165) is 11.3 Å². The second kappa shape index (κ2) is 5.75. The maximum atomic E-state index is 10.7. The average molecular weight is 303 g/mol. The number of nitrogens with one attached hydrogen (secondary N) is 1. The van der Waals surface area contributed by atoms with E-state index in [-0.39, 0.29) is 11.5 Å². The van der Waals surface area contributed by atoms with Gasteiger partial charge in [0.15, 0.2) is 0 Å². The number of anilines is 1. The van der Waals surface area contributed by atoms with Gasteiger partial charge < -0.3 is 10.4 Å². The van der Waals surface area contributed by atoms with Crippen LogP contribution in [0.2, 0.25) is 0 Å². The van der Waals surface area contributed by atoms with E-state index in [1.807, 2.05) is 0 Å². The Balaban J connectivity index is 0.000000170. The summed E-state index contributed by atoms with van der Waals surface area (Å²) in [6.07, 6.45) is 4.48. The molecule has 2 aliphatic rings. The third kappa shape index (κ3) is 3.16. The Kier molecular flexibility index (Phi) is 4.32. The lowest BCUT2D eigenvalue weighted by Gasteiger charge is -2.27. The van der Waals surface area contributed by atoms with Crippen LogP contribution in [0.3, 0.4) is 0 Å². The van der Waals surface area contributed by atoms with E-state index in [1.54, 1.807) is 18.2 Å². The minimum Gasteiger partial charge on any atom is -0.478 e. The molecule has 4 heteroatoms. The minimum absolute atomic E-state index is 0.0951. The summed E-state index contributed by atoms with van der Waals surface area (Å²) < 4.78 is 0. The zero-order valence-corrected chi connectivity index (χ0v) is 13.8. The number of aromatic carboxylic acids is 1. The highest BCUT2D eigenvalue weighted by Crippen LogP contribution is 2.71. The highest BCUT2D eigenvalue weighted by Gasteiger charge is 2.62. The van der Waals surface area contributed by atoms with E-state index in [4.69, 9.17) is 5.11 Å². The second-order valence-corrected chi connectivity index (χ2v) is 7.27. The largest absolute Gasteiger partial charge is 0.478 e. The topological polar surface area (TPSA) is 66.4 Å². The van der Waals surface area contributed by atoms with Gasteiger partial charge in [0.2, 0.25) is 5.91 Å². The third-order valence-corrected chi connectivity index (χ3v) is 5.54. The Morgan fingerprint density at radius 1 is 1.23 bits per heavy atom. The number of hydrogen-bond donors (Lipinski definition) is 2. The summed E-state index contributed by atoms with van der Waals surface area (Å²) in [5.41, 5.74) is 1.84. The predicted octanol–water partition coefficient (Wildman–Crippen LogP) is 4.18. The highest BCUT2D eigenvalue weighted by molar-refractivity contribution is 5.99. The van der Waals surface area contributed by atoms with Gasteiger partial charge in [0.1, 0.15) is 0 Å². The van der Waals surface area contributed by atoms with E-state index in [1.165, 1.54) is 32.3 Å². The van der Waals surface area contributed by atoms with Crippen LogP contribution in [0, 0.1) is 16.7 Å². The van der Waals surface area contributed by atoms with Gasteiger partial charge in [-0.15, -0.1) is 0 Å². The van der Waals surface area contributed by atoms with E-state index in [0.29, 0.717) is 11.1 Å². The van der Waals surface area contributed by atoms with Gasteiger partial charge in [-0.25, -0.2) is 4.79 Å². The van der Waals surface area contributed by atoms with Crippen molar-refractivity contribution in [3.05, 3.63) is 29.8 Å². The Morgan fingerprint density at radius 3 is 2.23 bits per heavy atom. The molecule has 2 atom stereocenters. The molecular formula is C18H25NO3. The number of hydrogen-bond acceptors (Lipinski definition) is 2. The zero-order valence-electron chi connectivity index (χ0n) is 13.8. The first kappa shape index (κ1) is 16.5. The number of carbonyl (C=O) groups excluding carboxylic acids is 1. The summed E-state index contributed by atoms with van der Waals surface area (Å²) >= 11 is 0. The normalized spacial score (nSPS) is 27.2. The van der Waals surface area contributed by atoms with E-state index in [9.17, 15) is 9.59 Å². The number of carbonyl (C=O) groups is 2. The van der Waals surface area contributed by atoms with Crippen LogP contribution in [0.4, 0.5) is 5.69 Å². The molecule has 4 nitrogen and oxygen atoms in total. The molecule has 120 valence electrons. The van der Waals surface area contributed by atoms with Crippen molar-refractivity contribution in [2.75, 3.05) is 5.32 Å². The zero-order chi connectivity index (χ0) is 16.5. The van der Waals surface area contributed by atoms with Crippen LogP contribution >= 0.6 is 0 Å². The molecule has 0 heterocycles. The fourth-order valence-corrected chi connectivity index (χ4v) is 3.49. The molecule has 1 aromatic carbocycles. The fraction of sp³-hybridized carbons (Fsp3) is 0.556. The predicted molar refractivity (Wildman–Crippen MR) is 86.9 cm³/mol. The maximum Gasteiger partial charge on any atom is 0.337 e. The lowest BCUT2D eigenvalue weighted by molar-refractivity contribution is -0.114. The van der Waals surface area contributed by atoms with Crippen molar-refractivity contribution in [2.45, 2.75) is 47.0 Å². The van der Waals surface area contributed by atoms with Crippen molar-refractivity contribution in [3.63, 3.8) is 0 Å². The molecule has 2 N–H and O–H groups in total. The Bertz CT molecular complexity index is 589. The summed E-state index contributed by atoms with van der Waals surface area (Å²) in [4.78, 5) is 21.3. The van der Waals surface area contributed by atoms with Gasteiger partial charge >= 0.3 is 5.97 Å². The molecule has 0 saturated heterocycles. The molecule has 1 amide bonds. The van der Waals surface area contributed by atoms with Gasteiger partial charge in [-0.3, -0.25) is 4.79 Å². The number of para-hydroxylation sites is 1. The van der Waals surface area contributed by atoms with Crippen LogP contribution in [0.25, 0.3) is 0 Å². The lowest BCUT2D eigenvalue weighted by Crippen LogP contribution is -2.18. The molecular weight excluding hydrogens is 278 g/mol. The van der Waals surface area contributed by atoms with Crippen LogP contribution in [-0.2, 0) is 4.79 Å². The van der Waals surface area contributed by atoms with E-state index >= 15 is 0 Å². The van der Waals surface area contributed by atoms with Crippen LogP contribution in [0.1, 0.15) is 57.3 Å². The fourth-order valence-electron chi connectivity index (χ4n) is 3.49. The third-order valence-electron chi connectivity index (χ3n) is 5.54. The molecule has 2 saturated carbocycles. The van der Waals surface area contributed by atoms with Crippen LogP contribution < -0.4 is 5.32 Å². The van der Waals surface area contributed by atoms with Gasteiger partial charge in [0, 0.05) is 6.92 Å². The van der Waals surface area contributed by atoms with Crippen LogP contribution in [0.15, 0.2) is 24.3 Å². The summed E-state index contributed by atoms with van der Waals surface area (Å²) in [5.74, 6) is -0.231. The molecule has 0 radical (unpaired) electrons. The van der Waals surface area contributed by atoms with Gasteiger partial charge in [0.25, 0.3) is 0 Å². The van der Waals surface area contributed by atoms with Crippen molar-refractivity contribution in [1.82, 2.24) is 0 Å². The first-order valence-corrected chi connectivity index (χ1v) is 7.77. The number of amides is 1. The molecule has 22 heavy (non-hydrogen) atoms. The summed E-state index contributed by atoms with van der Waals surface area (Å²) in [6, 6.07) is 6.25. The van der Waals surface area contributed by atoms with Crippen molar-refractivity contribution in [2.24, 2.45) is 16.7 Å². The second-order valence-electron chi connectivity index (χ2n) is 7.27. The Morgan fingerprint density at radius 2 is 1.86 bits per heavy atom. The highest BCUT2D eigenvalue weighted by atomic mass is 16.4. The molecule has 2 fully saturated rings. The average Bonchev–Trinajstić information content (AvgIpc) is 3.04. The van der Waals surface area contributed by atoms with Crippen molar-refractivity contribution >= 4 is 17.6 Å². The van der Waals surface area contributed by atoms with Gasteiger partial charge in [-0.1, -0.05) is 32.9 Å². The monoisotopic (exact) mass is 303 g/mol. The first-order valence-electron chi connectivity index (χ1n) is 7.77. The van der Waals surface area contributed by atoms with Gasteiger partial charge in [0.05, 0.1) is 11.3 Å². The Hall–Kier alpha value is -1.84. The quantitative estimate of drug-likeness (QED) is 0.861. The first-order chi connectivity index (χ1) is 10.2. The van der Waals surface area contributed by atoms with E-state index in [2.05, 4.69) is 26.1 Å². The molecule has 0 bridgehead atoms. The molecule has 2 unspecified atom stereocenters. The summed E-state index contributed by atoms with van der Waals surface area (Å²) in [7, 11) is 0. The minimum atomic E-state index is -1.05. The van der Waals surface area contributed by atoms with Crippen molar-refractivity contribution in [1.29, 1.82) is 0 Å². The van der Waals surface area contributed by atoms with Crippen molar-refractivity contribution < 1.29 is 14.7 Å². The summed E-state index contributed by atoms with van der Waals surface area (Å²) in [6.45, 7) is 8.66. The van der Waals surface area contributed by atoms with E-state index < -0.39 is 5.97 Å². The molecule has 0 spiro atoms. The molecule has 0 aliphatic heterocycles. The molecule has 1 aromatic rings. The molecule has 3 rings (SSSR count). The SMILES string of the molecule is CC(=O)Nc1ccccc1C(=O)O.CC1(C)CCC2CC21C. The standard InChI is InChI=1S/C9H9NO3.C9H16/c1-6(11)10-8-5-3-2-4-7(8)9(12)13;1-8(2)5-4-7-6-9(7,8)3/h2-5H,1H3,(H,10,11)(H,12,13);7H,4-6H2,1-3H3. The van der Waals surface area contributed by atoms with Crippen LogP contribution in [0.5, 0.6) is 0 Å². The van der Waals surface area contributed by atoms with Crippen molar-refractivity contribution in [3.8, 4) is 0 Å². The number of carboxylic acid groups (broad SMARTS) is 1. The smallest absolute Gasteiger partial charge is 0.337 e. The maximum absolute atomic E-state index is 10.7. The number of rotatable bonds is 2. The molecule has 2 aliphatic carbocycles. The van der Waals surface area contributed by atoms with Gasteiger partial charge in [-0.05, 0) is 48.1 Å².